The van der Waals surface area contributed by atoms with Gasteiger partial charge in [-0.15, -0.1) is 0 Å². The zero-order chi connectivity index (χ0) is 53.3. The van der Waals surface area contributed by atoms with Crippen LogP contribution >= 0.6 is 34.3 Å². The number of aromatic nitrogens is 6. The highest BCUT2D eigenvalue weighted by molar-refractivity contribution is 7.21. The number of piperidine rings is 2. The number of carbonyl (C=O) groups excluding carboxylic acids is 3. The molecule has 3 N–H and O–H groups in total. The molecule has 0 saturated carbocycles. The van der Waals surface area contributed by atoms with Gasteiger partial charge in [0.25, 0.3) is 5.91 Å². The molecule has 75 heavy (non-hydrogen) atoms. The Morgan fingerprint density at radius 3 is 1.69 bits per heavy atom. The number of nitrogen functional groups attached to an aromatic ring is 1. The van der Waals surface area contributed by atoms with E-state index in [0.29, 0.717) is 63.0 Å². The van der Waals surface area contributed by atoms with Gasteiger partial charge in [-0.05, 0) is 121 Å². The number of nitrogens with two attached hydrogens (primary N) is 1. The number of halogens is 1. The third-order valence-electron chi connectivity index (χ3n) is 12.1. The van der Waals surface area contributed by atoms with E-state index in [1.165, 1.54) is 28.7 Å². The van der Waals surface area contributed by atoms with Gasteiger partial charge >= 0.3 is 12.2 Å². The van der Waals surface area contributed by atoms with Crippen LogP contribution < -0.4 is 11.1 Å². The molecule has 2 fully saturated rings. The lowest BCUT2D eigenvalue weighted by Crippen LogP contribution is -2.43. The summed E-state index contributed by atoms with van der Waals surface area (Å²) < 4.78 is 23.2. The monoisotopic (exact) mass is 1080 g/mol. The number of carbonyl (C=O) groups is 3. The summed E-state index contributed by atoms with van der Waals surface area (Å²) in [6.07, 6.45) is 8.95. The highest BCUT2D eigenvalue weighted by Crippen LogP contribution is 2.35. The van der Waals surface area contributed by atoms with Gasteiger partial charge in [-0.1, -0.05) is 71.9 Å². The molecule has 0 spiro atoms. The number of para-hydroxylation sites is 2. The number of unbranched alkanes of at least 4 members (excludes halogenated alkanes) is 1. The van der Waals surface area contributed by atoms with Crippen molar-refractivity contribution in [2.75, 3.05) is 37.2 Å². The molecule has 9 rings (SSSR count). The van der Waals surface area contributed by atoms with Gasteiger partial charge in [0.1, 0.15) is 58.6 Å². The molecule has 20 heteroatoms. The number of nitrogens with zero attached hydrogens (tertiary/aromatic N) is 8. The number of amides is 3. The van der Waals surface area contributed by atoms with Gasteiger partial charge in [-0.2, -0.15) is 0 Å². The Morgan fingerprint density at radius 1 is 0.693 bits per heavy atom. The van der Waals surface area contributed by atoms with Crippen molar-refractivity contribution in [2.45, 2.75) is 130 Å². The van der Waals surface area contributed by atoms with E-state index in [1.807, 2.05) is 115 Å². The second kappa shape index (κ2) is 24.5. The number of pyridine rings is 2. The minimum absolute atomic E-state index is 0.0540. The Bertz CT molecular complexity index is 3100. The topological polar surface area (TPSA) is 210 Å². The van der Waals surface area contributed by atoms with E-state index in [1.54, 1.807) is 9.80 Å². The smallest absolute Gasteiger partial charge is 0.410 e. The molecule has 2 aliphatic rings. The van der Waals surface area contributed by atoms with Crippen LogP contribution in [0, 0.1) is 0 Å². The second-order valence-electron chi connectivity index (χ2n) is 20.5. The van der Waals surface area contributed by atoms with Gasteiger partial charge < -0.3 is 39.8 Å². The van der Waals surface area contributed by atoms with Crippen LogP contribution in [0.4, 0.5) is 21.0 Å². The molecule has 0 unspecified atom stereocenters. The number of fused-ring (bicyclic) bond motifs is 2. The van der Waals surface area contributed by atoms with Crippen LogP contribution in [0.15, 0.2) is 79.1 Å². The Kier molecular flexibility index (Phi) is 17.9. The second-order valence-corrected chi connectivity index (χ2v) is 22.9. The van der Waals surface area contributed by atoms with Crippen molar-refractivity contribution in [3.63, 3.8) is 0 Å². The number of aryl methyl sites for hydroxylation is 1. The van der Waals surface area contributed by atoms with Crippen molar-refractivity contribution in [2.24, 2.45) is 0 Å². The maximum absolute atomic E-state index is 13.2. The zero-order valence-electron chi connectivity index (χ0n) is 43.6. The van der Waals surface area contributed by atoms with Crippen molar-refractivity contribution in [1.82, 2.24) is 39.7 Å². The quantitative estimate of drug-likeness (QED) is 0.0813. The first-order valence-corrected chi connectivity index (χ1v) is 27.4. The van der Waals surface area contributed by atoms with Crippen LogP contribution in [0.3, 0.4) is 0 Å². The number of rotatable bonds is 13. The Morgan fingerprint density at radius 2 is 1.19 bits per heavy atom. The van der Waals surface area contributed by atoms with Gasteiger partial charge in [0, 0.05) is 67.9 Å². The van der Waals surface area contributed by atoms with Gasteiger partial charge in [-0.3, -0.25) is 4.79 Å². The number of likely N-dealkylation sites (tertiary alicyclic amines) is 2. The minimum Gasteiger partial charge on any atom is -0.444 e. The average molecular weight is 1080 g/mol. The largest absolute Gasteiger partial charge is 0.444 e. The minimum atomic E-state index is -0.508. The first-order valence-electron chi connectivity index (χ1n) is 25.4. The number of ether oxygens (including phenoxy) is 4. The number of nitrogens with one attached hydrogen (secondary N) is 1. The fourth-order valence-electron chi connectivity index (χ4n) is 8.29. The fraction of sp³-hybridized carbons (Fsp3) is 0.436. The van der Waals surface area contributed by atoms with Crippen molar-refractivity contribution in [3.8, 4) is 21.1 Å². The first kappa shape index (κ1) is 54.9. The zero-order valence-corrected chi connectivity index (χ0v) is 45.9. The molecule has 0 bridgehead atoms. The summed E-state index contributed by atoms with van der Waals surface area (Å²) in [5.74, 6) is 0.191. The number of thiazole rings is 2. The number of anilines is 2. The average Bonchev–Trinajstić information content (AvgIpc) is 4.01. The van der Waals surface area contributed by atoms with Crippen molar-refractivity contribution < 1.29 is 33.3 Å². The highest BCUT2D eigenvalue weighted by Gasteiger charge is 2.29. The maximum Gasteiger partial charge on any atom is 0.410 e. The molecule has 0 aliphatic carbocycles. The molecule has 17 nitrogen and oxygen atoms in total. The summed E-state index contributed by atoms with van der Waals surface area (Å²) in [7, 11) is 0. The lowest BCUT2D eigenvalue weighted by atomic mass is 10.1. The maximum atomic E-state index is 13.2. The summed E-state index contributed by atoms with van der Waals surface area (Å²) in [6, 6.07) is 20.7. The summed E-state index contributed by atoms with van der Waals surface area (Å²) in [5.41, 5.74) is 11.9. The van der Waals surface area contributed by atoms with E-state index in [2.05, 4.69) is 32.2 Å². The summed E-state index contributed by atoms with van der Waals surface area (Å²) in [5, 5.41) is 4.82. The van der Waals surface area contributed by atoms with Crippen LogP contribution in [0.1, 0.15) is 114 Å². The summed E-state index contributed by atoms with van der Waals surface area (Å²) >= 11 is 9.18. The molecule has 3 amide bonds. The summed E-state index contributed by atoms with van der Waals surface area (Å²) in [4.78, 5) is 70.3. The van der Waals surface area contributed by atoms with Gasteiger partial charge in [0.15, 0.2) is 0 Å². The van der Waals surface area contributed by atoms with E-state index >= 15 is 0 Å². The van der Waals surface area contributed by atoms with Crippen LogP contribution in [0.25, 0.3) is 41.8 Å². The van der Waals surface area contributed by atoms with E-state index < -0.39 is 11.2 Å². The SMILES string of the molecule is CC(C)(C)OC(=O)N1CCC(OCc2cnc3sc(-c4ccccc4N)nc3c2)CC1.CCCCc1nc(Cl)cc(C(=O)Nc2ccccc2-c2nc3cc(COC4CCN(C(=O)OC(C)(C)C)CC4)cnc3s2)n1. The van der Waals surface area contributed by atoms with Crippen LogP contribution in [0.2, 0.25) is 5.15 Å². The Labute approximate surface area is 450 Å². The molecular weight excluding hydrogens is 1010 g/mol. The Balaban J connectivity index is 0.000000211. The predicted octanol–water partition coefficient (Wildman–Crippen LogP) is 12.2. The third kappa shape index (κ3) is 15.4. The molecule has 0 radical (unpaired) electrons. The summed E-state index contributed by atoms with van der Waals surface area (Å²) in [6.45, 7) is 16.7. The van der Waals surface area contributed by atoms with Crippen molar-refractivity contribution in [1.29, 1.82) is 0 Å². The number of hydrogen-bond acceptors (Lipinski definition) is 16. The molecule has 7 heterocycles. The lowest BCUT2D eigenvalue weighted by molar-refractivity contribution is -0.0178. The van der Waals surface area contributed by atoms with Crippen LogP contribution in [0.5, 0.6) is 0 Å². The molecule has 2 aromatic carbocycles. The molecule has 0 atom stereocenters. The molecule has 5 aromatic heterocycles. The van der Waals surface area contributed by atoms with Gasteiger partial charge in [0.2, 0.25) is 0 Å². The van der Waals surface area contributed by atoms with E-state index in [4.69, 9.17) is 46.3 Å². The third-order valence-corrected chi connectivity index (χ3v) is 14.3. The lowest BCUT2D eigenvalue weighted by Gasteiger charge is -2.33. The number of benzene rings is 2. The molecule has 2 saturated heterocycles. The fourth-order valence-corrected chi connectivity index (χ4v) is 10.4. The van der Waals surface area contributed by atoms with E-state index in [0.717, 1.165) is 91.5 Å². The first-order chi connectivity index (χ1) is 35.9. The van der Waals surface area contributed by atoms with Crippen molar-refractivity contribution >= 4 is 84.4 Å². The van der Waals surface area contributed by atoms with Crippen LogP contribution in [-0.4, -0.2) is 107 Å². The van der Waals surface area contributed by atoms with Gasteiger partial charge in [-0.25, -0.2) is 39.5 Å². The normalized spacial score (nSPS) is 14.7. The number of hydrogen-bond donors (Lipinski definition) is 2. The van der Waals surface area contributed by atoms with Gasteiger partial charge in [0.05, 0.1) is 31.1 Å². The van der Waals surface area contributed by atoms with E-state index in [9.17, 15) is 14.4 Å². The highest BCUT2D eigenvalue weighted by atomic mass is 35.5. The van der Waals surface area contributed by atoms with Crippen LogP contribution in [-0.2, 0) is 38.6 Å². The van der Waals surface area contributed by atoms with Crippen molar-refractivity contribution in [3.05, 3.63) is 107 Å². The molecular formula is C55H65ClN10O7S2. The van der Waals surface area contributed by atoms with E-state index in [-0.39, 0.29) is 41.1 Å². The molecule has 396 valence electrons. The predicted molar refractivity (Wildman–Crippen MR) is 295 cm³/mol. The molecule has 7 aromatic rings. The standard InChI is InChI=1S/C32H37ClN6O4S.C23H28N4O3S/c1-5-6-11-27-35-24(17-26(33)38-27)28(40)36-23-10-8-7-9-22(23)29-37-25-16-20(18-34-30(25)44-29)19-42-21-12-14-39(15-13-21)31(41)43-32(2,3)4;1-23(2,3)30-22(28)27-10-8-16(9-11-27)29-14-15-12-19-21(25-13-15)31-20(26-19)17-6-4-5-7-18(17)24/h7-10,16-18,21H,5-6,11-15,19H2,1-4H3,(H,36,40);4-7,12-13,16H,8-11,14,24H2,1-3H3. The molecule has 2 aliphatic heterocycles. The Hall–Kier alpha value is -6.38.